The van der Waals surface area contributed by atoms with Crippen molar-refractivity contribution in [2.24, 2.45) is 0 Å². The summed E-state index contributed by atoms with van der Waals surface area (Å²) >= 11 is 0. The summed E-state index contributed by atoms with van der Waals surface area (Å²) in [6, 6.07) is 3.66. The lowest BCUT2D eigenvalue weighted by molar-refractivity contribution is -0.0572. The van der Waals surface area contributed by atoms with Gasteiger partial charge in [0.25, 0.3) is 0 Å². The lowest BCUT2D eigenvalue weighted by Gasteiger charge is -2.32. The Morgan fingerprint density at radius 1 is 1.54 bits per heavy atom. The van der Waals surface area contributed by atoms with E-state index < -0.39 is 6.10 Å². The van der Waals surface area contributed by atoms with Crippen LogP contribution in [0.15, 0.2) is 22.8 Å². The fourth-order valence-electron chi connectivity index (χ4n) is 2.68. The van der Waals surface area contributed by atoms with Crippen LogP contribution in [0.1, 0.15) is 30.4 Å². The third kappa shape index (κ3) is 4.64. The van der Waals surface area contributed by atoms with Crippen LogP contribution >= 0.6 is 0 Å². The molecule has 8 nitrogen and oxygen atoms in total. The number of nitrogens with zero attached hydrogens (tertiary/aromatic N) is 3. The zero-order valence-electron chi connectivity index (χ0n) is 13.9. The van der Waals surface area contributed by atoms with Crippen LogP contribution in [0.3, 0.4) is 0 Å². The van der Waals surface area contributed by atoms with Crippen LogP contribution < -0.4 is 0 Å². The molecule has 0 amide bonds. The van der Waals surface area contributed by atoms with Gasteiger partial charge in [-0.3, -0.25) is 10.00 Å². The normalized spacial score (nSPS) is 20.3. The van der Waals surface area contributed by atoms with Gasteiger partial charge in [0.15, 0.2) is 5.82 Å². The lowest BCUT2D eigenvalue weighted by atomic mass is 10.2. The van der Waals surface area contributed by atoms with Crippen LogP contribution in [0.25, 0.3) is 0 Å². The number of nitrogens with one attached hydrogen (secondary N) is 1. The quantitative estimate of drug-likeness (QED) is 0.739. The first kappa shape index (κ1) is 17.1. The molecule has 2 N–H and O–H groups in total. The Kier molecular flexibility index (Phi) is 5.97. The summed E-state index contributed by atoms with van der Waals surface area (Å²) in [5, 5.41) is 17.3. The van der Waals surface area contributed by atoms with Crippen LogP contribution in [0.5, 0.6) is 0 Å². The highest BCUT2D eigenvalue weighted by atomic mass is 16.5. The monoisotopic (exact) mass is 336 g/mol. The summed E-state index contributed by atoms with van der Waals surface area (Å²) in [6.45, 7) is 5.23. The molecule has 8 heteroatoms. The number of aliphatic hydroxyl groups excluding tert-OH is 1. The average molecular weight is 336 g/mol. The number of β-amino-alcohol motifs (C(OH)–C–C–N with tert-alkyl or cyclic N) is 1. The second-order valence-electron chi connectivity index (χ2n) is 5.86. The van der Waals surface area contributed by atoms with Gasteiger partial charge in [-0.25, -0.2) is 4.98 Å². The van der Waals surface area contributed by atoms with Crippen LogP contribution in [0, 0.1) is 0 Å². The molecule has 0 saturated carbocycles. The Labute approximate surface area is 140 Å². The Morgan fingerprint density at radius 2 is 2.46 bits per heavy atom. The molecule has 3 rings (SSSR count). The number of aromatic amines is 1. The molecule has 1 fully saturated rings. The molecule has 3 heterocycles. The minimum absolute atomic E-state index is 0.161. The first-order valence-corrected chi connectivity index (χ1v) is 8.28. The molecule has 0 radical (unpaired) electrons. The first-order valence-electron chi connectivity index (χ1n) is 8.28. The molecule has 2 atom stereocenters. The Hall–Kier alpha value is -1.74. The van der Waals surface area contributed by atoms with Gasteiger partial charge in [0.05, 0.1) is 25.6 Å². The van der Waals surface area contributed by atoms with Crippen molar-refractivity contribution < 1.29 is 19.0 Å². The number of furan rings is 1. The van der Waals surface area contributed by atoms with Crippen molar-refractivity contribution in [3.63, 3.8) is 0 Å². The molecule has 1 aliphatic rings. The molecule has 0 unspecified atom stereocenters. The Morgan fingerprint density at radius 3 is 3.21 bits per heavy atom. The highest BCUT2D eigenvalue weighted by Gasteiger charge is 2.26. The first-order chi connectivity index (χ1) is 11.7. The minimum atomic E-state index is -0.558. The number of aliphatic hydroxyl groups is 1. The summed E-state index contributed by atoms with van der Waals surface area (Å²) in [6.07, 6.45) is 1.70. The van der Waals surface area contributed by atoms with Crippen molar-refractivity contribution in [1.82, 2.24) is 20.1 Å². The van der Waals surface area contributed by atoms with Crippen molar-refractivity contribution in [1.29, 1.82) is 0 Å². The number of aromatic nitrogens is 3. The third-order valence-electron chi connectivity index (χ3n) is 3.93. The van der Waals surface area contributed by atoms with E-state index in [9.17, 15) is 5.11 Å². The van der Waals surface area contributed by atoms with Crippen molar-refractivity contribution >= 4 is 0 Å². The molecule has 0 aromatic carbocycles. The number of rotatable bonds is 8. The number of hydrogen-bond acceptors (Lipinski definition) is 7. The topological polar surface area (TPSA) is 96.6 Å². The number of morpholine rings is 1. The number of hydrogen-bond donors (Lipinski definition) is 2. The smallest absolute Gasteiger partial charge is 0.180 e. The van der Waals surface area contributed by atoms with Crippen molar-refractivity contribution in [3.8, 4) is 0 Å². The molecular formula is C16H24N4O4. The maximum Gasteiger partial charge on any atom is 0.180 e. The summed E-state index contributed by atoms with van der Waals surface area (Å²) in [4.78, 5) is 6.58. The van der Waals surface area contributed by atoms with Gasteiger partial charge in [-0.15, -0.1) is 0 Å². The van der Waals surface area contributed by atoms with E-state index in [0.717, 1.165) is 24.6 Å². The summed E-state index contributed by atoms with van der Waals surface area (Å²) < 4.78 is 16.4. The van der Waals surface area contributed by atoms with Gasteiger partial charge in [-0.2, -0.15) is 5.10 Å². The molecule has 2 aromatic heterocycles. The maximum atomic E-state index is 10.2. The SMILES string of the molecule is CCc1nc([C@H]2CN(C[C@@H](O)COCc3ccco3)CCO2)n[nH]1. The van der Waals surface area contributed by atoms with E-state index in [1.54, 1.807) is 6.26 Å². The summed E-state index contributed by atoms with van der Waals surface area (Å²) in [7, 11) is 0. The molecule has 0 aliphatic carbocycles. The minimum Gasteiger partial charge on any atom is -0.467 e. The molecule has 1 saturated heterocycles. The van der Waals surface area contributed by atoms with Crippen LogP contribution in [-0.2, 0) is 22.5 Å². The van der Waals surface area contributed by atoms with E-state index in [-0.39, 0.29) is 12.7 Å². The number of aryl methyl sites for hydroxylation is 1. The van der Waals surface area contributed by atoms with Crippen LogP contribution in [0.4, 0.5) is 0 Å². The zero-order chi connectivity index (χ0) is 16.8. The van der Waals surface area contributed by atoms with Gasteiger partial charge in [-0.1, -0.05) is 6.92 Å². The molecule has 2 aromatic rings. The number of H-pyrrole nitrogens is 1. The third-order valence-corrected chi connectivity index (χ3v) is 3.93. The fraction of sp³-hybridized carbons (Fsp3) is 0.625. The molecule has 24 heavy (non-hydrogen) atoms. The van der Waals surface area contributed by atoms with E-state index in [4.69, 9.17) is 13.9 Å². The van der Waals surface area contributed by atoms with Gasteiger partial charge >= 0.3 is 0 Å². The van der Waals surface area contributed by atoms with Gasteiger partial charge in [-0.05, 0) is 12.1 Å². The standard InChI is InChI=1S/C16H24N4O4/c1-2-15-17-16(19-18-15)14-9-20(5-7-24-14)8-12(21)10-22-11-13-4-3-6-23-13/h3-4,6,12,14,21H,2,5,7-11H2,1H3,(H,17,18,19)/t12-,14-/m1/s1. The molecule has 0 spiro atoms. The van der Waals surface area contributed by atoms with Crippen LogP contribution in [0.2, 0.25) is 0 Å². The van der Waals surface area contributed by atoms with Crippen molar-refractivity contribution in [2.45, 2.75) is 32.2 Å². The van der Waals surface area contributed by atoms with E-state index in [1.807, 2.05) is 19.1 Å². The average Bonchev–Trinajstić information content (AvgIpc) is 3.26. The largest absolute Gasteiger partial charge is 0.467 e. The van der Waals surface area contributed by atoms with Crippen LogP contribution in [-0.4, -0.2) is 64.1 Å². The predicted molar refractivity (Wildman–Crippen MR) is 85.3 cm³/mol. The summed E-state index contributed by atoms with van der Waals surface area (Å²) in [5.41, 5.74) is 0. The number of ether oxygens (including phenoxy) is 2. The van der Waals surface area contributed by atoms with Gasteiger partial charge in [0.1, 0.15) is 24.3 Å². The van der Waals surface area contributed by atoms with E-state index in [2.05, 4.69) is 20.1 Å². The second kappa shape index (κ2) is 8.39. The zero-order valence-corrected chi connectivity index (χ0v) is 13.9. The van der Waals surface area contributed by atoms with Crippen molar-refractivity contribution in [2.75, 3.05) is 32.8 Å². The fourth-order valence-corrected chi connectivity index (χ4v) is 2.68. The lowest BCUT2D eigenvalue weighted by Crippen LogP contribution is -2.43. The summed E-state index contributed by atoms with van der Waals surface area (Å²) in [5.74, 6) is 2.29. The predicted octanol–water partition coefficient (Wildman–Crippen LogP) is 0.911. The van der Waals surface area contributed by atoms with Crippen molar-refractivity contribution in [3.05, 3.63) is 35.8 Å². The molecule has 132 valence electrons. The molecular weight excluding hydrogens is 312 g/mol. The maximum absolute atomic E-state index is 10.2. The van der Waals surface area contributed by atoms with Gasteiger partial charge in [0, 0.05) is 26.1 Å². The molecule has 0 bridgehead atoms. The molecule has 1 aliphatic heterocycles. The highest BCUT2D eigenvalue weighted by Crippen LogP contribution is 2.19. The van der Waals surface area contributed by atoms with E-state index in [1.165, 1.54) is 0 Å². The Bertz CT molecular complexity index is 601. The Balaban J connectivity index is 1.42. The van der Waals surface area contributed by atoms with Gasteiger partial charge < -0.3 is 19.0 Å². The van der Waals surface area contributed by atoms with E-state index in [0.29, 0.717) is 32.1 Å². The van der Waals surface area contributed by atoms with Gasteiger partial charge in [0.2, 0.25) is 0 Å². The highest BCUT2D eigenvalue weighted by molar-refractivity contribution is 4.97. The second-order valence-corrected chi connectivity index (χ2v) is 5.86. The van der Waals surface area contributed by atoms with E-state index >= 15 is 0 Å².